The molecular formula is C17H35NS. The summed E-state index contributed by atoms with van der Waals surface area (Å²) in [6.45, 7) is 18.0. The molecule has 0 radical (unpaired) electrons. The number of nitrogens with one attached hydrogen (secondary N) is 1. The quantitative estimate of drug-likeness (QED) is 0.695. The molecule has 1 heterocycles. The Bertz CT molecular complexity index is 266. The van der Waals surface area contributed by atoms with Crippen LogP contribution >= 0.6 is 11.8 Å². The highest BCUT2D eigenvalue weighted by Crippen LogP contribution is 2.44. The molecule has 1 aliphatic rings. The smallest absolute Gasteiger partial charge is 0.0169 e. The van der Waals surface area contributed by atoms with Crippen molar-refractivity contribution in [2.75, 3.05) is 18.1 Å². The summed E-state index contributed by atoms with van der Waals surface area (Å²) in [6.07, 6.45) is 1.31. The monoisotopic (exact) mass is 285 g/mol. The van der Waals surface area contributed by atoms with Gasteiger partial charge >= 0.3 is 0 Å². The van der Waals surface area contributed by atoms with Crippen LogP contribution in [0.3, 0.4) is 0 Å². The molecule has 1 nitrogen and oxygen atoms in total. The van der Waals surface area contributed by atoms with Crippen molar-refractivity contribution in [1.82, 2.24) is 5.32 Å². The van der Waals surface area contributed by atoms with E-state index >= 15 is 0 Å². The molecule has 0 saturated carbocycles. The molecule has 0 aliphatic carbocycles. The Labute approximate surface area is 125 Å². The topological polar surface area (TPSA) is 12.0 Å². The van der Waals surface area contributed by atoms with E-state index in [0.717, 1.165) is 23.7 Å². The number of rotatable bonds is 8. The van der Waals surface area contributed by atoms with Gasteiger partial charge in [0.2, 0.25) is 0 Å². The van der Waals surface area contributed by atoms with Gasteiger partial charge in [-0.15, -0.1) is 0 Å². The molecule has 0 aromatic heterocycles. The van der Waals surface area contributed by atoms with Crippen molar-refractivity contribution in [3.8, 4) is 0 Å². The number of hydrogen-bond donors (Lipinski definition) is 1. The maximum atomic E-state index is 3.71. The van der Waals surface area contributed by atoms with Crippen LogP contribution in [0.5, 0.6) is 0 Å². The zero-order chi connectivity index (χ0) is 14.6. The molecule has 0 aromatic rings. The highest BCUT2D eigenvalue weighted by molar-refractivity contribution is 7.99. The van der Waals surface area contributed by atoms with Crippen LogP contribution in [0.2, 0.25) is 0 Å². The lowest BCUT2D eigenvalue weighted by Crippen LogP contribution is -2.67. The van der Waals surface area contributed by atoms with Gasteiger partial charge in [-0.3, -0.25) is 0 Å². The second-order valence-electron chi connectivity index (χ2n) is 7.43. The molecule has 5 unspecified atom stereocenters. The maximum absolute atomic E-state index is 3.71. The Morgan fingerprint density at radius 3 is 2.21 bits per heavy atom. The lowest BCUT2D eigenvalue weighted by Gasteiger charge is -2.55. The summed E-state index contributed by atoms with van der Waals surface area (Å²) in [5.41, 5.74) is 0.504. The second-order valence-corrected chi connectivity index (χ2v) is 8.50. The molecule has 0 aromatic carbocycles. The van der Waals surface area contributed by atoms with Gasteiger partial charge in [0.25, 0.3) is 0 Å². The predicted octanol–water partition coefficient (Wildman–Crippen LogP) is 4.67. The minimum absolute atomic E-state index is 0.504. The van der Waals surface area contributed by atoms with E-state index in [2.05, 4.69) is 65.5 Å². The van der Waals surface area contributed by atoms with E-state index in [1.54, 1.807) is 0 Å². The van der Waals surface area contributed by atoms with Crippen LogP contribution in [0.25, 0.3) is 0 Å². The third-order valence-corrected chi connectivity index (χ3v) is 7.07. The average Bonchev–Trinajstić information content (AvgIpc) is 2.35. The highest BCUT2D eigenvalue weighted by atomic mass is 32.2. The predicted molar refractivity (Wildman–Crippen MR) is 89.8 cm³/mol. The largest absolute Gasteiger partial charge is 0.312 e. The number of hydrogen-bond acceptors (Lipinski definition) is 2. The summed E-state index contributed by atoms with van der Waals surface area (Å²) in [4.78, 5) is 0. The molecule has 0 bridgehead atoms. The van der Waals surface area contributed by atoms with E-state index in [4.69, 9.17) is 0 Å². The van der Waals surface area contributed by atoms with E-state index in [1.807, 2.05) is 0 Å². The SMILES string of the molecule is CCC(C)CSCC(C)C1NCC1(C)C(C)C(C)C. The molecule has 114 valence electrons. The van der Waals surface area contributed by atoms with Crippen molar-refractivity contribution in [3.05, 3.63) is 0 Å². The first-order chi connectivity index (χ1) is 8.82. The standard InChI is InChI=1S/C17H35NS/c1-8-13(4)9-19-10-14(5)16-17(7,11-18-16)15(6)12(2)3/h12-16,18H,8-11H2,1-7H3. The first-order valence-electron chi connectivity index (χ1n) is 8.14. The molecule has 0 spiro atoms. The Morgan fingerprint density at radius 2 is 1.79 bits per heavy atom. The summed E-state index contributed by atoms with van der Waals surface area (Å²) in [5, 5.41) is 3.71. The van der Waals surface area contributed by atoms with Gasteiger partial charge in [0.15, 0.2) is 0 Å². The molecule has 19 heavy (non-hydrogen) atoms. The zero-order valence-electron chi connectivity index (χ0n) is 14.1. The Kier molecular flexibility index (Phi) is 6.72. The fourth-order valence-electron chi connectivity index (χ4n) is 3.27. The lowest BCUT2D eigenvalue weighted by molar-refractivity contribution is -0.00491. The first kappa shape index (κ1) is 17.4. The average molecular weight is 286 g/mol. The minimum atomic E-state index is 0.504. The zero-order valence-corrected chi connectivity index (χ0v) is 14.9. The van der Waals surface area contributed by atoms with Gasteiger partial charge in [-0.05, 0) is 40.6 Å². The van der Waals surface area contributed by atoms with E-state index in [9.17, 15) is 0 Å². The molecule has 1 N–H and O–H groups in total. The van der Waals surface area contributed by atoms with E-state index in [-0.39, 0.29) is 0 Å². The van der Waals surface area contributed by atoms with Crippen molar-refractivity contribution in [2.45, 2.75) is 60.9 Å². The summed E-state index contributed by atoms with van der Waals surface area (Å²) in [7, 11) is 0. The van der Waals surface area contributed by atoms with Crippen LogP contribution in [-0.4, -0.2) is 24.1 Å². The molecule has 1 fully saturated rings. The van der Waals surface area contributed by atoms with E-state index in [1.165, 1.54) is 24.5 Å². The van der Waals surface area contributed by atoms with Crippen molar-refractivity contribution >= 4 is 11.8 Å². The Morgan fingerprint density at radius 1 is 1.16 bits per heavy atom. The van der Waals surface area contributed by atoms with Gasteiger partial charge in [-0.2, -0.15) is 11.8 Å². The Hall–Kier alpha value is 0.310. The summed E-state index contributed by atoms with van der Waals surface area (Å²) in [5.74, 6) is 5.88. The Balaban J connectivity index is 2.42. The van der Waals surface area contributed by atoms with Crippen molar-refractivity contribution in [2.24, 2.45) is 29.1 Å². The maximum Gasteiger partial charge on any atom is 0.0169 e. The fraction of sp³-hybridized carbons (Fsp3) is 1.00. The van der Waals surface area contributed by atoms with E-state index < -0.39 is 0 Å². The van der Waals surface area contributed by atoms with Crippen molar-refractivity contribution in [3.63, 3.8) is 0 Å². The fourth-order valence-corrected chi connectivity index (χ4v) is 4.61. The third kappa shape index (κ3) is 4.14. The number of thioether (sulfide) groups is 1. The second kappa shape index (κ2) is 7.36. The van der Waals surface area contributed by atoms with Crippen LogP contribution < -0.4 is 5.32 Å². The summed E-state index contributed by atoms with van der Waals surface area (Å²) < 4.78 is 0. The minimum Gasteiger partial charge on any atom is -0.312 e. The van der Waals surface area contributed by atoms with Crippen molar-refractivity contribution in [1.29, 1.82) is 0 Å². The van der Waals surface area contributed by atoms with Crippen LogP contribution in [-0.2, 0) is 0 Å². The van der Waals surface area contributed by atoms with Crippen molar-refractivity contribution < 1.29 is 0 Å². The van der Waals surface area contributed by atoms with Gasteiger partial charge < -0.3 is 5.32 Å². The van der Waals surface area contributed by atoms with Gasteiger partial charge in [0, 0.05) is 12.6 Å². The third-order valence-electron chi connectivity index (χ3n) is 5.50. The van der Waals surface area contributed by atoms with Gasteiger partial charge in [-0.1, -0.05) is 54.9 Å². The molecule has 5 atom stereocenters. The molecule has 2 heteroatoms. The molecule has 0 amide bonds. The van der Waals surface area contributed by atoms with Crippen LogP contribution in [0, 0.1) is 29.1 Å². The van der Waals surface area contributed by atoms with E-state index in [0.29, 0.717) is 11.5 Å². The van der Waals surface area contributed by atoms with Crippen LogP contribution in [0.15, 0.2) is 0 Å². The van der Waals surface area contributed by atoms with Crippen LogP contribution in [0.4, 0.5) is 0 Å². The lowest BCUT2D eigenvalue weighted by atomic mass is 9.60. The van der Waals surface area contributed by atoms with Gasteiger partial charge in [0.1, 0.15) is 0 Å². The molecular weight excluding hydrogens is 250 g/mol. The van der Waals surface area contributed by atoms with Crippen LogP contribution in [0.1, 0.15) is 54.9 Å². The summed E-state index contributed by atoms with van der Waals surface area (Å²) in [6, 6.07) is 0.717. The highest BCUT2D eigenvalue weighted by Gasteiger charge is 2.49. The molecule has 1 saturated heterocycles. The molecule has 1 rings (SSSR count). The van der Waals surface area contributed by atoms with Gasteiger partial charge in [-0.25, -0.2) is 0 Å². The normalized spacial score (nSPS) is 31.9. The molecule has 1 aliphatic heterocycles. The summed E-state index contributed by atoms with van der Waals surface area (Å²) >= 11 is 2.15. The first-order valence-corrected chi connectivity index (χ1v) is 9.29. The van der Waals surface area contributed by atoms with Gasteiger partial charge in [0.05, 0.1) is 0 Å².